The molecule has 1 aliphatic rings. The molecule has 9 nitrogen and oxygen atoms in total. The van der Waals surface area contributed by atoms with Gasteiger partial charge in [0.1, 0.15) is 23.3 Å². The SMILES string of the molecule is COc1cc(N2CCCC2=O)ccc1Nc1nc(NCC(C)(C)C)c2c(C#N)c[nH]c2n1. The molecule has 9 heteroatoms. The lowest BCUT2D eigenvalue weighted by atomic mass is 9.97. The number of hydrogen-bond donors (Lipinski definition) is 3. The number of fused-ring (bicyclic) bond motifs is 1. The van der Waals surface area contributed by atoms with E-state index in [0.29, 0.717) is 59.3 Å². The third kappa shape index (κ3) is 4.30. The normalized spacial score (nSPS) is 14.0. The van der Waals surface area contributed by atoms with E-state index in [1.165, 1.54) is 0 Å². The Bertz CT molecular complexity index is 1200. The molecular formula is C23H27N7O2. The summed E-state index contributed by atoms with van der Waals surface area (Å²) in [5.74, 6) is 1.66. The maximum Gasteiger partial charge on any atom is 0.231 e. The van der Waals surface area contributed by atoms with E-state index in [2.05, 4.69) is 52.4 Å². The number of nitrogens with one attached hydrogen (secondary N) is 3. The summed E-state index contributed by atoms with van der Waals surface area (Å²) in [7, 11) is 1.58. The standard InChI is InChI=1S/C23H27N7O2/c1-23(2,3)13-26-21-19-14(11-24)12-25-20(19)28-22(29-21)27-16-8-7-15(10-17(16)32-4)30-9-5-6-18(30)31/h7-8,10,12H,5-6,9,13H2,1-4H3,(H3,25,26,27,28,29). The van der Waals surface area contributed by atoms with Crippen molar-refractivity contribution >= 4 is 40.1 Å². The van der Waals surface area contributed by atoms with Crippen molar-refractivity contribution in [1.29, 1.82) is 5.26 Å². The van der Waals surface area contributed by atoms with Gasteiger partial charge < -0.3 is 25.3 Å². The van der Waals surface area contributed by atoms with Crippen LogP contribution in [0.4, 0.5) is 23.1 Å². The van der Waals surface area contributed by atoms with Crippen LogP contribution in [0.25, 0.3) is 11.0 Å². The highest BCUT2D eigenvalue weighted by Crippen LogP contribution is 2.34. The fourth-order valence-electron chi connectivity index (χ4n) is 3.65. The Kier molecular flexibility index (Phi) is 5.61. The van der Waals surface area contributed by atoms with Crippen LogP contribution in [-0.2, 0) is 4.79 Å². The summed E-state index contributed by atoms with van der Waals surface area (Å²) in [5.41, 5.74) is 2.56. The summed E-state index contributed by atoms with van der Waals surface area (Å²) in [6, 6.07) is 7.76. The molecule has 4 rings (SSSR count). The fourth-order valence-corrected chi connectivity index (χ4v) is 3.65. The quantitative estimate of drug-likeness (QED) is 0.534. The molecule has 0 unspecified atom stereocenters. The number of aromatic nitrogens is 3. The maximum absolute atomic E-state index is 12.1. The van der Waals surface area contributed by atoms with E-state index in [0.717, 1.165) is 12.1 Å². The molecule has 1 aliphatic heterocycles. The number of methoxy groups -OCH3 is 1. The van der Waals surface area contributed by atoms with Crippen molar-refractivity contribution in [1.82, 2.24) is 15.0 Å². The van der Waals surface area contributed by atoms with Gasteiger partial charge in [0.15, 0.2) is 0 Å². The van der Waals surface area contributed by atoms with Gasteiger partial charge in [0.2, 0.25) is 11.9 Å². The summed E-state index contributed by atoms with van der Waals surface area (Å²) in [5, 5.41) is 16.7. The Hall–Kier alpha value is -3.80. The Morgan fingerprint density at radius 1 is 1.31 bits per heavy atom. The number of carbonyl (C=O) groups is 1. The second kappa shape index (κ2) is 8.38. The Morgan fingerprint density at radius 3 is 2.78 bits per heavy atom. The van der Waals surface area contributed by atoms with Crippen molar-refractivity contribution in [2.75, 3.05) is 35.7 Å². The van der Waals surface area contributed by atoms with Gasteiger partial charge in [-0.05, 0) is 24.0 Å². The summed E-state index contributed by atoms with van der Waals surface area (Å²) < 4.78 is 5.56. The molecule has 3 aromatic rings. The minimum absolute atomic E-state index is 0.0278. The Morgan fingerprint density at radius 2 is 2.12 bits per heavy atom. The van der Waals surface area contributed by atoms with E-state index < -0.39 is 0 Å². The third-order valence-electron chi connectivity index (χ3n) is 5.25. The van der Waals surface area contributed by atoms with E-state index in [1.807, 2.05) is 18.2 Å². The number of rotatable bonds is 6. The first-order valence-corrected chi connectivity index (χ1v) is 10.6. The molecule has 3 heterocycles. The van der Waals surface area contributed by atoms with Crippen molar-refractivity contribution in [3.05, 3.63) is 30.0 Å². The molecule has 2 aromatic heterocycles. The summed E-state index contributed by atoms with van der Waals surface area (Å²) >= 11 is 0. The average Bonchev–Trinajstić information content (AvgIpc) is 3.37. The van der Waals surface area contributed by atoms with Crippen LogP contribution in [0.2, 0.25) is 0 Å². The van der Waals surface area contributed by atoms with Crippen molar-refractivity contribution < 1.29 is 9.53 Å². The lowest BCUT2D eigenvalue weighted by Crippen LogP contribution is -2.23. The molecular weight excluding hydrogens is 406 g/mol. The Labute approximate surface area is 186 Å². The van der Waals surface area contributed by atoms with Gasteiger partial charge in [0.25, 0.3) is 0 Å². The second-order valence-electron chi connectivity index (χ2n) is 9.01. The lowest BCUT2D eigenvalue weighted by molar-refractivity contribution is -0.117. The van der Waals surface area contributed by atoms with E-state index in [-0.39, 0.29) is 11.3 Å². The van der Waals surface area contributed by atoms with Crippen LogP contribution in [0, 0.1) is 16.7 Å². The predicted molar refractivity (Wildman–Crippen MR) is 124 cm³/mol. The molecule has 0 atom stereocenters. The molecule has 0 aliphatic carbocycles. The van der Waals surface area contributed by atoms with Gasteiger partial charge in [0.05, 0.1) is 23.7 Å². The Balaban J connectivity index is 1.68. The molecule has 3 N–H and O–H groups in total. The van der Waals surface area contributed by atoms with Crippen LogP contribution in [0.3, 0.4) is 0 Å². The highest BCUT2D eigenvalue weighted by atomic mass is 16.5. The molecule has 32 heavy (non-hydrogen) atoms. The topological polar surface area (TPSA) is 119 Å². The summed E-state index contributed by atoms with van der Waals surface area (Å²) in [6.07, 6.45) is 3.06. The lowest BCUT2D eigenvalue weighted by Gasteiger charge is -2.20. The number of amides is 1. The average molecular weight is 434 g/mol. The van der Waals surface area contributed by atoms with Crippen LogP contribution < -0.4 is 20.3 Å². The first-order chi connectivity index (χ1) is 15.3. The third-order valence-corrected chi connectivity index (χ3v) is 5.25. The molecule has 0 saturated carbocycles. The maximum atomic E-state index is 12.1. The zero-order valence-electron chi connectivity index (χ0n) is 18.7. The van der Waals surface area contributed by atoms with Gasteiger partial charge in [-0.15, -0.1) is 0 Å². The van der Waals surface area contributed by atoms with Gasteiger partial charge in [0, 0.05) is 37.5 Å². The van der Waals surface area contributed by atoms with Crippen molar-refractivity contribution in [3.8, 4) is 11.8 Å². The number of aromatic amines is 1. The first kappa shape index (κ1) is 21.4. The number of H-pyrrole nitrogens is 1. The molecule has 1 aromatic carbocycles. The number of benzene rings is 1. The van der Waals surface area contributed by atoms with Crippen LogP contribution in [0.1, 0.15) is 39.2 Å². The van der Waals surface area contributed by atoms with Crippen LogP contribution in [-0.4, -0.2) is 41.1 Å². The van der Waals surface area contributed by atoms with Crippen molar-refractivity contribution in [2.45, 2.75) is 33.6 Å². The first-order valence-electron chi connectivity index (χ1n) is 10.6. The van der Waals surface area contributed by atoms with Crippen molar-refractivity contribution in [3.63, 3.8) is 0 Å². The monoisotopic (exact) mass is 433 g/mol. The minimum atomic E-state index is 0.0278. The zero-order valence-corrected chi connectivity index (χ0v) is 18.7. The highest BCUT2D eigenvalue weighted by Gasteiger charge is 2.23. The molecule has 166 valence electrons. The molecule has 1 amide bonds. The fraction of sp³-hybridized carbons (Fsp3) is 0.391. The minimum Gasteiger partial charge on any atom is -0.494 e. The molecule has 1 fully saturated rings. The number of anilines is 4. The molecule has 0 bridgehead atoms. The smallest absolute Gasteiger partial charge is 0.231 e. The molecule has 0 radical (unpaired) electrons. The number of ether oxygens (including phenoxy) is 1. The molecule has 0 spiro atoms. The van der Waals surface area contributed by atoms with E-state index in [9.17, 15) is 10.1 Å². The van der Waals surface area contributed by atoms with Gasteiger partial charge >= 0.3 is 0 Å². The van der Waals surface area contributed by atoms with Gasteiger partial charge in [-0.1, -0.05) is 20.8 Å². The second-order valence-corrected chi connectivity index (χ2v) is 9.01. The number of nitrogens with zero attached hydrogens (tertiary/aromatic N) is 4. The summed E-state index contributed by atoms with van der Waals surface area (Å²) in [6.45, 7) is 7.76. The highest BCUT2D eigenvalue weighted by molar-refractivity contribution is 5.96. The van der Waals surface area contributed by atoms with Crippen molar-refractivity contribution in [2.24, 2.45) is 5.41 Å². The van der Waals surface area contributed by atoms with Crippen LogP contribution in [0.5, 0.6) is 5.75 Å². The number of nitriles is 1. The zero-order chi connectivity index (χ0) is 22.9. The number of hydrogen-bond acceptors (Lipinski definition) is 7. The largest absolute Gasteiger partial charge is 0.494 e. The predicted octanol–water partition coefficient (Wildman–Crippen LogP) is 4.17. The van der Waals surface area contributed by atoms with Gasteiger partial charge in [-0.3, -0.25) is 4.79 Å². The number of carbonyl (C=O) groups excluding carboxylic acids is 1. The summed E-state index contributed by atoms with van der Waals surface area (Å²) in [4.78, 5) is 26.1. The van der Waals surface area contributed by atoms with Crippen LogP contribution in [0.15, 0.2) is 24.4 Å². The van der Waals surface area contributed by atoms with Crippen LogP contribution >= 0.6 is 0 Å². The van der Waals surface area contributed by atoms with Gasteiger partial charge in [-0.2, -0.15) is 15.2 Å². The van der Waals surface area contributed by atoms with E-state index in [1.54, 1.807) is 18.2 Å². The van der Waals surface area contributed by atoms with Gasteiger partial charge in [-0.25, -0.2) is 0 Å². The van der Waals surface area contributed by atoms with E-state index >= 15 is 0 Å². The van der Waals surface area contributed by atoms with E-state index in [4.69, 9.17) is 4.74 Å². The molecule has 1 saturated heterocycles.